The number of carbonyl (C=O) groups is 2. The standard InChI is InChI=1S/C21H21Cl3F3N3O4S/c1-12(20(32)28-2)29(10-13-4-6-15(22)17(24)8-13)19(31)11-30(35(3,33)34)18-9-14(21(25,26)27)5-7-16(18)23/h4-9,12H,10-11H2,1-3H3,(H,28,32)/t12-/m0/s1. The number of alkyl halides is 3. The zero-order valence-corrected chi connectivity index (χ0v) is 21.7. The molecule has 2 aromatic rings. The summed E-state index contributed by atoms with van der Waals surface area (Å²) in [6.07, 6.45) is -4.05. The van der Waals surface area contributed by atoms with Crippen molar-refractivity contribution in [2.45, 2.75) is 25.7 Å². The molecule has 7 nitrogen and oxygen atoms in total. The van der Waals surface area contributed by atoms with Gasteiger partial charge < -0.3 is 10.2 Å². The highest BCUT2D eigenvalue weighted by Crippen LogP contribution is 2.36. The predicted octanol–water partition coefficient (Wildman–Crippen LogP) is 4.59. The number of rotatable bonds is 8. The van der Waals surface area contributed by atoms with E-state index in [0.29, 0.717) is 22.0 Å². The number of hydrogen-bond acceptors (Lipinski definition) is 4. The summed E-state index contributed by atoms with van der Waals surface area (Å²) >= 11 is 18.0. The van der Waals surface area contributed by atoms with Gasteiger partial charge in [0.2, 0.25) is 21.8 Å². The van der Waals surface area contributed by atoms with E-state index in [2.05, 4.69) is 5.32 Å². The van der Waals surface area contributed by atoms with E-state index in [1.165, 1.54) is 26.1 Å². The number of carbonyl (C=O) groups excluding carboxylic acids is 2. The van der Waals surface area contributed by atoms with Gasteiger partial charge in [-0.25, -0.2) is 8.42 Å². The Labute approximate surface area is 215 Å². The number of halogens is 6. The van der Waals surface area contributed by atoms with E-state index in [9.17, 15) is 31.2 Å². The van der Waals surface area contributed by atoms with Gasteiger partial charge in [0, 0.05) is 13.6 Å². The van der Waals surface area contributed by atoms with Crippen molar-refractivity contribution in [1.82, 2.24) is 10.2 Å². The highest BCUT2D eigenvalue weighted by Gasteiger charge is 2.34. The molecule has 0 bridgehead atoms. The lowest BCUT2D eigenvalue weighted by molar-refractivity contribution is -0.139. The summed E-state index contributed by atoms with van der Waals surface area (Å²) in [7, 11) is -2.92. The molecule has 0 aliphatic carbocycles. The quantitative estimate of drug-likeness (QED) is 0.500. The van der Waals surface area contributed by atoms with E-state index >= 15 is 0 Å². The lowest BCUT2D eigenvalue weighted by atomic mass is 10.1. The van der Waals surface area contributed by atoms with E-state index in [-0.39, 0.29) is 21.6 Å². The minimum atomic E-state index is -4.78. The van der Waals surface area contributed by atoms with Crippen molar-refractivity contribution in [2.75, 3.05) is 24.2 Å². The monoisotopic (exact) mass is 573 g/mol. The third kappa shape index (κ3) is 7.39. The van der Waals surface area contributed by atoms with Crippen molar-refractivity contribution >= 4 is 62.3 Å². The van der Waals surface area contributed by atoms with Crippen LogP contribution >= 0.6 is 34.8 Å². The van der Waals surface area contributed by atoms with Crippen LogP contribution < -0.4 is 9.62 Å². The molecule has 1 N–H and O–H groups in total. The molecule has 0 aliphatic rings. The molecular formula is C21H21Cl3F3N3O4S. The SMILES string of the molecule is CNC(=O)[C@H](C)N(Cc1ccc(Cl)c(Cl)c1)C(=O)CN(c1cc(C(F)(F)F)ccc1Cl)S(C)(=O)=O. The Morgan fingerprint density at radius 2 is 1.63 bits per heavy atom. The van der Waals surface area contributed by atoms with Crippen LogP contribution in [0.25, 0.3) is 0 Å². The lowest BCUT2D eigenvalue weighted by Gasteiger charge is -2.31. The second-order valence-corrected chi connectivity index (χ2v) is 10.6. The molecular weight excluding hydrogens is 554 g/mol. The largest absolute Gasteiger partial charge is 0.416 e. The molecule has 0 aliphatic heterocycles. The van der Waals surface area contributed by atoms with Gasteiger partial charge in [0.25, 0.3) is 0 Å². The van der Waals surface area contributed by atoms with Gasteiger partial charge in [0.1, 0.15) is 12.6 Å². The van der Waals surface area contributed by atoms with E-state index in [4.69, 9.17) is 34.8 Å². The van der Waals surface area contributed by atoms with E-state index in [1.54, 1.807) is 6.07 Å². The maximum Gasteiger partial charge on any atom is 0.416 e. The maximum absolute atomic E-state index is 13.3. The Kier molecular flexibility index (Phi) is 9.32. The van der Waals surface area contributed by atoms with Crippen LogP contribution in [0.2, 0.25) is 15.1 Å². The van der Waals surface area contributed by atoms with Crippen LogP contribution in [0.5, 0.6) is 0 Å². The van der Waals surface area contributed by atoms with Gasteiger partial charge in [-0.3, -0.25) is 13.9 Å². The number of benzene rings is 2. The van der Waals surface area contributed by atoms with Crippen LogP contribution in [0.3, 0.4) is 0 Å². The highest BCUT2D eigenvalue weighted by molar-refractivity contribution is 7.92. The average molecular weight is 575 g/mol. The van der Waals surface area contributed by atoms with Crippen molar-refractivity contribution in [3.8, 4) is 0 Å². The third-order valence-electron chi connectivity index (χ3n) is 4.97. The Morgan fingerprint density at radius 3 is 2.14 bits per heavy atom. The summed E-state index contributed by atoms with van der Waals surface area (Å²) in [5.41, 5.74) is -1.20. The van der Waals surface area contributed by atoms with Crippen LogP contribution in [-0.4, -0.2) is 51.0 Å². The van der Waals surface area contributed by atoms with Gasteiger partial charge in [-0.05, 0) is 42.8 Å². The zero-order valence-electron chi connectivity index (χ0n) is 18.7. The Bertz CT molecular complexity index is 1230. The van der Waals surface area contributed by atoms with Crippen LogP contribution in [0, 0.1) is 0 Å². The maximum atomic E-state index is 13.3. The first kappa shape index (κ1) is 29.0. The predicted molar refractivity (Wildman–Crippen MR) is 129 cm³/mol. The van der Waals surface area contributed by atoms with E-state index in [0.717, 1.165) is 17.2 Å². The molecule has 14 heteroatoms. The molecule has 0 spiro atoms. The molecule has 35 heavy (non-hydrogen) atoms. The van der Waals surface area contributed by atoms with Crippen LogP contribution in [0.15, 0.2) is 36.4 Å². The first-order valence-electron chi connectivity index (χ1n) is 9.85. The second kappa shape index (κ2) is 11.2. The fourth-order valence-corrected chi connectivity index (χ4v) is 4.54. The minimum absolute atomic E-state index is 0.168. The molecule has 2 amide bonds. The molecule has 192 valence electrons. The number of nitrogens with zero attached hydrogens (tertiary/aromatic N) is 2. The summed E-state index contributed by atoms with van der Waals surface area (Å²) < 4.78 is 65.2. The van der Waals surface area contributed by atoms with Crippen molar-refractivity contribution in [2.24, 2.45) is 0 Å². The van der Waals surface area contributed by atoms with Crippen molar-refractivity contribution in [1.29, 1.82) is 0 Å². The number of sulfonamides is 1. The van der Waals surface area contributed by atoms with Crippen molar-refractivity contribution < 1.29 is 31.2 Å². The Balaban J connectivity index is 2.51. The minimum Gasteiger partial charge on any atom is -0.357 e. The summed E-state index contributed by atoms with van der Waals surface area (Å²) in [6, 6.07) is 5.57. The smallest absolute Gasteiger partial charge is 0.357 e. The molecule has 0 saturated heterocycles. The summed E-state index contributed by atoms with van der Waals surface area (Å²) in [4.78, 5) is 26.7. The van der Waals surface area contributed by atoms with Crippen molar-refractivity contribution in [3.63, 3.8) is 0 Å². The topological polar surface area (TPSA) is 86.8 Å². The average Bonchev–Trinajstić information content (AvgIpc) is 2.76. The molecule has 0 unspecified atom stereocenters. The van der Waals surface area contributed by atoms with Gasteiger partial charge in [-0.2, -0.15) is 13.2 Å². The molecule has 0 aromatic heterocycles. The van der Waals surface area contributed by atoms with Gasteiger partial charge >= 0.3 is 6.18 Å². The normalized spacial score (nSPS) is 12.7. The molecule has 0 heterocycles. The highest BCUT2D eigenvalue weighted by atomic mass is 35.5. The number of amides is 2. The number of nitrogens with one attached hydrogen (secondary N) is 1. The first-order valence-corrected chi connectivity index (χ1v) is 12.8. The van der Waals surface area contributed by atoms with Gasteiger partial charge in [0.05, 0.1) is 32.6 Å². The summed E-state index contributed by atoms with van der Waals surface area (Å²) in [5, 5.41) is 2.54. The van der Waals surface area contributed by atoms with Crippen molar-refractivity contribution in [3.05, 3.63) is 62.6 Å². The van der Waals surface area contributed by atoms with Crippen LogP contribution in [0.1, 0.15) is 18.1 Å². The van der Waals surface area contributed by atoms with Gasteiger partial charge in [-0.1, -0.05) is 40.9 Å². The lowest BCUT2D eigenvalue weighted by Crippen LogP contribution is -2.50. The number of anilines is 1. The third-order valence-corrected chi connectivity index (χ3v) is 7.16. The fraction of sp³-hybridized carbons (Fsp3) is 0.333. The fourth-order valence-electron chi connectivity index (χ4n) is 3.10. The molecule has 2 aromatic carbocycles. The van der Waals surface area contributed by atoms with Gasteiger partial charge in [-0.15, -0.1) is 0 Å². The molecule has 2 rings (SSSR count). The van der Waals surface area contributed by atoms with E-state index < -0.39 is 51.9 Å². The van der Waals surface area contributed by atoms with Crippen LogP contribution in [-0.2, 0) is 32.3 Å². The zero-order chi connectivity index (χ0) is 26.7. The Morgan fingerprint density at radius 1 is 1.03 bits per heavy atom. The molecule has 0 radical (unpaired) electrons. The number of hydrogen-bond donors (Lipinski definition) is 1. The Hall–Kier alpha value is -2.21. The van der Waals surface area contributed by atoms with Gasteiger partial charge in [0.15, 0.2) is 0 Å². The molecule has 1 atom stereocenters. The second-order valence-electron chi connectivity index (χ2n) is 7.49. The van der Waals surface area contributed by atoms with E-state index in [1.807, 2.05) is 0 Å². The summed E-state index contributed by atoms with van der Waals surface area (Å²) in [5.74, 6) is -1.42. The molecule has 0 saturated carbocycles. The summed E-state index contributed by atoms with van der Waals surface area (Å²) in [6.45, 7) is 0.330. The first-order chi connectivity index (χ1) is 16.1. The number of likely N-dealkylation sites (N-methyl/N-ethyl adjacent to an activating group) is 1. The van der Waals surface area contributed by atoms with Crippen LogP contribution in [0.4, 0.5) is 18.9 Å². The molecule has 0 fully saturated rings.